The zero-order valence-electron chi connectivity index (χ0n) is 16.7. The van der Waals surface area contributed by atoms with E-state index in [4.69, 9.17) is 9.47 Å². The molecule has 0 radical (unpaired) electrons. The predicted octanol–water partition coefficient (Wildman–Crippen LogP) is 2.00. The molecule has 4 rings (SSSR count). The Balaban J connectivity index is 1.38. The molecule has 2 heterocycles. The van der Waals surface area contributed by atoms with Crippen molar-refractivity contribution in [1.29, 1.82) is 0 Å². The summed E-state index contributed by atoms with van der Waals surface area (Å²) < 4.78 is 37.1. The summed E-state index contributed by atoms with van der Waals surface area (Å²) in [5.41, 5.74) is 1.00. The van der Waals surface area contributed by atoms with Crippen molar-refractivity contribution in [3.8, 4) is 0 Å². The van der Waals surface area contributed by atoms with Crippen LogP contribution in [0.1, 0.15) is 10.4 Å². The van der Waals surface area contributed by atoms with E-state index in [9.17, 15) is 18.0 Å². The highest BCUT2D eigenvalue weighted by Crippen LogP contribution is 2.34. The van der Waals surface area contributed by atoms with Gasteiger partial charge in [-0.1, -0.05) is 12.1 Å². The van der Waals surface area contributed by atoms with Crippen molar-refractivity contribution in [1.82, 2.24) is 4.31 Å². The predicted molar refractivity (Wildman–Crippen MR) is 116 cm³/mol. The normalized spacial score (nSPS) is 17.1. The van der Waals surface area contributed by atoms with Gasteiger partial charge in [0.25, 0.3) is 5.91 Å². The third-order valence-electron chi connectivity index (χ3n) is 5.05. The first-order valence-electron chi connectivity index (χ1n) is 9.84. The maximum atomic E-state index is 12.7. The number of nitrogens with zero attached hydrogens (tertiary/aromatic N) is 2. The highest BCUT2D eigenvalue weighted by atomic mass is 32.2. The SMILES string of the molecule is O=C(OCC(=O)N1CCSc2ccccc21)c1ccc(S(=O)(=O)N2CCOCC2)cc1. The molecule has 0 atom stereocenters. The van der Waals surface area contributed by atoms with E-state index in [2.05, 4.69) is 0 Å². The Morgan fingerprint density at radius 3 is 2.45 bits per heavy atom. The Morgan fingerprint density at radius 1 is 1.00 bits per heavy atom. The highest BCUT2D eigenvalue weighted by molar-refractivity contribution is 7.99. The number of thioether (sulfide) groups is 1. The maximum Gasteiger partial charge on any atom is 0.338 e. The number of ether oxygens (including phenoxy) is 2. The highest BCUT2D eigenvalue weighted by Gasteiger charge is 2.27. The van der Waals surface area contributed by atoms with Gasteiger partial charge in [-0.05, 0) is 36.4 Å². The lowest BCUT2D eigenvalue weighted by Crippen LogP contribution is -2.40. The summed E-state index contributed by atoms with van der Waals surface area (Å²) in [6.07, 6.45) is 0. The van der Waals surface area contributed by atoms with E-state index in [0.717, 1.165) is 16.3 Å². The lowest BCUT2D eigenvalue weighted by atomic mass is 10.2. The minimum atomic E-state index is -3.63. The van der Waals surface area contributed by atoms with E-state index in [0.29, 0.717) is 32.8 Å². The molecule has 2 aromatic rings. The van der Waals surface area contributed by atoms with Crippen molar-refractivity contribution in [2.24, 2.45) is 0 Å². The summed E-state index contributed by atoms with van der Waals surface area (Å²) in [5.74, 6) is -0.202. The summed E-state index contributed by atoms with van der Waals surface area (Å²) >= 11 is 1.68. The third kappa shape index (κ3) is 4.77. The van der Waals surface area contributed by atoms with E-state index in [1.54, 1.807) is 16.7 Å². The standard InChI is InChI=1S/C21H22N2O6S2/c24-20(23-11-14-30-19-4-2-1-3-18(19)23)15-29-21(25)16-5-7-17(8-6-16)31(26,27)22-9-12-28-13-10-22/h1-8H,9-15H2. The summed E-state index contributed by atoms with van der Waals surface area (Å²) in [6, 6.07) is 13.2. The topological polar surface area (TPSA) is 93.2 Å². The number of fused-ring (bicyclic) bond motifs is 1. The van der Waals surface area contributed by atoms with Gasteiger partial charge in [0.15, 0.2) is 6.61 Å². The Kier molecular flexibility index (Phi) is 6.61. The van der Waals surface area contributed by atoms with E-state index in [1.807, 2.05) is 24.3 Å². The Bertz CT molecular complexity index is 1070. The molecule has 0 saturated carbocycles. The average Bonchev–Trinajstić information content (AvgIpc) is 2.82. The minimum absolute atomic E-state index is 0.101. The number of carbonyl (C=O) groups excluding carboxylic acids is 2. The number of sulfonamides is 1. The lowest BCUT2D eigenvalue weighted by molar-refractivity contribution is -0.121. The smallest absolute Gasteiger partial charge is 0.338 e. The number of esters is 1. The van der Waals surface area contributed by atoms with E-state index in [-0.39, 0.29) is 23.0 Å². The number of hydrogen-bond donors (Lipinski definition) is 0. The minimum Gasteiger partial charge on any atom is -0.452 e. The first kappa shape index (κ1) is 21.8. The van der Waals surface area contributed by atoms with Crippen molar-refractivity contribution in [3.63, 3.8) is 0 Å². The van der Waals surface area contributed by atoms with Gasteiger partial charge in [-0.25, -0.2) is 13.2 Å². The molecule has 2 aliphatic heterocycles. The van der Waals surface area contributed by atoms with Crippen LogP contribution in [0.3, 0.4) is 0 Å². The molecule has 1 fully saturated rings. The van der Waals surface area contributed by atoms with Crippen molar-refractivity contribution >= 4 is 39.3 Å². The van der Waals surface area contributed by atoms with Crippen molar-refractivity contribution in [3.05, 3.63) is 54.1 Å². The monoisotopic (exact) mass is 462 g/mol. The van der Waals surface area contributed by atoms with Gasteiger partial charge in [-0.15, -0.1) is 11.8 Å². The molecule has 1 amide bonds. The molecule has 31 heavy (non-hydrogen) atoms. The van der Waals surface area contributed by atoms with Crippen LogP contribution in [0.15, 0.2) is 58.3 Å². The van der Waals surface area contributed by atoms with Crippen LogP contribution >= 0.6 is 11.8 Å². The van der Waals surface area contributed by atoms with Crippen LogP contribution in [0.4, 0.5) is 5.69 Å². The number of morpholine rings is 1. The fraction of sp³-hybridized carbons (Fsp3) is 0.333. The maximum absolute atomic E-state index is 12.7. The Morgan fingerprint density at radius 2 is 1.71 bits per heavy atom. The third-order valence-corrected chi connectivity index (χ3v) is 8.01. The summed E-state index contributed by atoms with van der Waals surface area (Å²) in [5, 5.41) is 0. The first-order valence-corrected chi connectivity index (χ1v) is 12.3. The van der Waals surface area contributed by atoms with E-state index < -0.39 is 16.0 Å². The first-order chi connectivity index (χ1) is 15.0. The van der Waals surface area contributed by atoms with Crippen LogP contribution in [0.5, 0.6) is 0 Å². The Labute approximate surface area is 185 Å². The molecule has 0 aliphatic carbocycles. The molecule has 10 heteroatoms. The second-order valence-electron chi connectivity index (χ2n) is 6.98. The fourth-order valence-corrected chi connectivity index (χ4v) is 5.82. The second kappa shape index (κ2) is 9.39. The average molecular weight is 463 g/mol. The molecular formula is C21H22N2O6S2. The zero-order valence-corrected chi connectivity index (χ0v) is 18.4. The van der Waals surface area contributed by atoms with Crippen molar-refractivity contribution < 1.29 is 27.5 Å². The fourth-order valence-electron chi connectivity index (χ4n) is 3.42. The molecular weight excluding hydrogens is 440 g/mol. The second-order valence-corrected chi connectivity index (χ2v) is 10.1. The van der Waals surface area contributed by atoms with E-state index in [1.165, 1.54) is 28.6 Å². The van der Waals surface area contributed by atoms with Crippen LogP contribution in [0, 0.1) is 0 Å². The quantitative estimate of drug-likeness (QED) is 0.628. The number of para-hydroxylation sites is 1. The molecule has 8 nitrogen and oxygen atoms in total. The number of benzene rings is 2. The number of carbonyl (C=O) groups is 2. The molecule has 0 spiro atoms. The van der Waals surface area contributed by atoms with Gasteiger partial charge in [0.1, 0.15) is 0 Å². The van der Waals surface area contributed by atoms with Crippen LogP contribution < -0.4 is 4.90 Å². The van der Waals surface area contributed by atoms with Crippen LogP contribution in [-0.4, -0.2) is 69.8 Å². The van der Waals surface area contributed by atoms with Crippen LogP contribution in [0.25, 0.3) is 0 Å². The molecule has 2 aromatic carbocycles. The van der Waals surface area contributed by atoms with Crippen molar-refractivity contribution in [2.45, 2.75) is 9.79 Å². The van der Waals surface area contributed by atoms with E-state index >= 15 is 0 Å². The van der Waals surface area contributed by atoms with Gasteiger partial charge in [0, 0.05) is 30.3 Å². The lowest BCUT2D eigenvalue weighted by Gasteiger charge is -2.28. The van der Waals surface area contributed by atoms with Gasteiger partial charge in [-0.3, -0.25) is 4.79 Å². The number of anilines is 1. The zero-order chi connectivity index (χ0) is 21.8. The van der Waals surface area contributed by atoms with Gasteiger partial charge in [0.05, 0.1) is 29.4 Å². The van der Waals surface area contributed by atoms with Crippen molar-refractivity contribution in [2.75, 3.05) is 50.1 Å². The molecule has 1 saturated heterocycles. The number of rotatable bonds is 5. The summed E-state index contributed by atoms with van der Waals surface area (Å²) in [7, 11) is -3.63. The van der Waals surface area contributed by atoms with Gasteiger partial charge < -0.3 is 14.4 Å². The molecule has 0 N–H and O–H groups in total. The molecule has 0 bridgehead atoms. The number of hydrogen-bond acceptors (Lipinski definition) is 7. The van der Waals surface area contributed by atoms with Gasteiger partial charge >= 0.3 is 5.97 Å². The Hall–Kier alpha value is -2.40. The van der Waals surface area contributed by atoms with Gasteiger partial charge in [-0.2, -0.15) is 4.31 Å². The molecule has 0 aromatic heterocycles. The summed E-state index contributed by atoms with van der Waals surface area (Å²) in [4.78, 5) is 27.7. The summed E-state index contributed by atoms with van der Waals surface area (Å²) in [6.45, 7) is 1.48. The largest absolute Gasteiger partial charge is 0.452 e. The van der Waals surface area contributed by atoms with Gasteiger partial charge in [0.2, 0.25) is 10.0 Å². The van der Waals surface area contributed by atoms with Crippen LogP contribution in [0.2, 0.25) is 0 Å². The number of amides is 1. The molecule has 0 unspecified atom stereocenters. The van der Waals surface area contributed by atoms with Crippen LogP contribution in [-0.2, 0) is 24.3 Å². The molecule has 164 valence electrons. The molecule has 2 aliphatic rings.